The van der Waals surface area contributed by atoms with Crippen LogP contribution in [0.3, 0.4) is 0 Å². The Morgan fingerprint density at radius 3 is 2.71 bits per heavy atom. The van der Waals surface area contributed by atoms with Gasteiger partial charge in [-0.05, 0) is 38.3 Å². The predicted molar refractivity (Wildman–Crippen MR) is 74.6 cm³/mol. The van der Waals surface area contributed by atoms with Gasteiger partial charge in [-0.1, -0.05) is 6.08 Å². The molecule has 1 aliphatic heterocycles. The van der Waals surface area contributed by atoms with Gasteiger partial charge in [-0.15, -0.1) is 29.7 Å². The van der Waals surface area contributed by atoms with Crippen molar-refractivity contribution < 1.29 is 14.3 Å². The van der Waals surface area contributed by atoms with Crippen LogP contribution in [0.15, 0.2) is 25.1 Å². The summed E-state index contributed by atoms with van der Waals surface area (Å²) < 4.78 is 14.4. The summed E-state index contributed by atoms with van der Waals surface area (Å²) in [6.45, 7) is 3.51. The fraction of sp³-hybridized carbons (Fsp3) is 0.300. The van der Waals surface area contributed by atoms with Gasteiger partial charge in [0.05, 0.1) is 7.57 Å². The third-order valence-corrected chi connectivity index (χ3v) is 7.08. The van der Waals surface area contributed by atoms with Gasteiger partial charge in [0, 0.05) is 10.5 Å². The van der Waals surface area contributed by atoms with Crippen molar-refractivity contribution in [1.82, 2.24) is 0 Å². The number of halogens is 3. The molecular weight excluding hydrogens is 395 g/mol. The number of rotatable bonds is 3. The lowest BCUT2D eigenvalue weighted by Gasteiger charge is -2.24. The van der Waals surface area contributed by atoms with Crippen molar-refractivity contribution in [2.45, 2.75) is 22.2 Å². The van der Waals surface area contributed by atoms with Crippen molar-refractivity contribution in [3.63, 3.8) is 0 Å². The maximum atomic E-state index is 14.5. The number of carboxylic acids is 1. The molecule has 0 spiro atoms. The molecule has 92 valence electrons. The molecule has 0 bridgehead atoms. The second kappa shape index (κ2) is 4.68. The fourth-order valence-corrected chi connectivity index (χ4v) is 6.62. The zero-order valence-corrected chi connectivity index (χ0v) is 13.2. The fourth-order valence-electron chi connectivity index (χ4n) is 1.75. The maximum absolute atomic E-state index is 14.5. The van der Waals surface area contributed by atoms with Crippen molar-refractivity contribution in [1.29, 1.82) is 0 Å². The maximum Gasteiger partial charge on any atom is 0.323 e. The van der Waals surface area contributed by atoms with Crippen molar-refractivity contribution in [2.75, 3.05) is 0 Å². The summed E-state index contributed by atoms with van der Waals surface area (Å²) in [6.07, 6.45) is 0.00642. The molecule has 0 saturated carbocycles. The van der Waals surface area contributed by atoms with E-state index in [0.717, 1.165) is 15.5 Å². The molecule has 2 atom stereocenters. The first kappa shape index (κ1) is 13.6. The van der Waals surface area contributed by atoms with Crippen molar-refractivity contribution in [3.05, 3.63) is 25.8 Å². The minimum absolute atomic E-state index is 0.0897. The molecule has 17 heavy (non-hydrogen) atoms. The Balaban J connectivity index is 2.54. The van der Waals surface area contributed by atoms with Crippen LogP contribution < -0.4 is 0 Å². The lowest BCUT2D eigenvalue weighted by Crippen LogP contribution is -2.36. The van der Waals surface area contributed by atoms with Gasteiger partial charge in [0.1, 0.15) is 0 Å². The van der Waals surface area contributed by atoms with Crippen LogP contribution in [0.25, 0.3) is 0 Å². The molecule has 1 aromatic heterocycles. The molecule has 2 heterocycles. The number of allylic oxidation sites excluding steroid dienone is 1. The van der Waals surface area contributed by atoms with E-state index in [1.165, 1.54) is 17.4 Å². The Kier molecular flexibility index (Phi) is 3.74. The van der Waals surface area contributed by atoms with Crippen LogP contribution in [0.5, 0.6) is 0 Å². The largest absolute Gasteiger partial charge is 0.480 e. The number of hydrogen-bond donors (Lipinski definition) is 1. The standard InChI is InChI=1S/C10H7Br2FO2S2/c1-2-3-10(9(14)15)6(13)4-5(17-10)8(12)16-7(4)11/h2,6H,1,3H2,(H,14,15). The third-order valence-electron chi connectivity index (χ3n) is 2.57. The number of thiophene rings is 1. The van der Waals surface area contributed by atoms with Crippen molar-refractivity contribution in [2.24, 2.45) is 0 Å². The Bertz CT molecular complexity index is 503. The summed E-state index contributed by atoms with van der Waals surface area (Å²) >= 11 is 9.03. The Morgan fingerprint density at radius 2 is 2.24 bits per heavy atom. The molecule has 1 N–H and O–H groups in total. The van der Waals surface area contributed by atoms with E-state index < -0.39 is 16.9 Å². The molecule has 2 nitrogen and oxygen atoms in total. The van der Waals surface area contributed by atoms with Gasteiger partial charge in [-0.25, -0.2) is 4.39 Å². The number of carbonyl (C=O) groups is 1. The third kappa shape index (κ3) is 1.91. The molecule has 1 aliphatic rings. The average Bonchev–Trinajstić information content (AvgIpc) is 2.67. The summed E-state index contributed by atoms with van der Waals surface area (Å²) in [5.41, 5.74) is 0.441. The van der Waals surface area contributed by atoms with Gasteiger partial charge < -0.3 is 5.11 Å². The molecule has 0 aliphatic carbocycles. The van der Waals surface area contributed by atoms with Crippen LogP contribution in [0, 0.1) is 0 Å². The van der Waals surface area contributed by atoms with Crippen LogP contribution in [0.2, 0.25) is 0 Å². The molecule has 2 rings (SSSR count). The lowest BCUT2D eigenvalue weighted by atomic mass is 9.95. The highest BCUT2D eigenvalue weighted by atomic mass is 79.9. The molecule has 0 saturated heterocycles. The van der Waals surface area contributed by atoms with Crippen LogP contribution in [-0.2, 0) is 4.79 Å². The van der Waals surface area contributed by atoms with Gasteiger partial charge in [0.25, 0.3) is 0 Å². The zero-order chi connectivity index (χ0) is 12.8. The smallest absolute Gasteiger partial charge is 0.323 e. The van der Waals surface area contributed by atoms with Gasteiger partial charge in [0.15, 0.2) is 10.9 Å². The molecule has 0 aromatic carbocycles. The van der Waals surface area contributed by atoms with Gasteiger partial charge in [-0.2, -0.15) is 0 Å². The predicted octanol–water partition coefficient (Wildman–Crippen LogP) is 4.79. The average molecular weight is 402 g/mol. The van der Waals surface area contributed by atoms with Crippen LogP contribution in [0.1, 0.15) is 18.2 Å². The highest BCUT2D eigenvalue weighted by Gasteiger charge is 2.55. The second-order valence-corrected chi connectivity index (χ2v) is 8.54. The first-order valence-corrected chi connectivity index (χ1v) is 7.81. The van der Waals surface area contributed by atoms with Gasteiger partial charge >= 0.3 is 5.97 Å². The minimum atomic E-state index is -1.53. The van der Waals surface area contributed by atoms with Crippen LogP contribution in [0.4, 0.5) is 4.39 Å². The van der Waals surface area contributed by atoms with E-state index in [0.29, 0.717) is 14.2 Å². The Morgan fingerprint density at radius 1 is 1.59 bits per heavy atom. The summed E-state index contributed by atoms with van der Waals surface area (Å²) in [4.78, 5) is 12.1. The van der Waals surface area contributed by atoms with E-state index in [9.17, 15) is 14.3 Å². The van der Waals surface area contributed by atoms with Gasteiger partial charge in [-0.3, -0.25) is 4.79 Å². The Hall–Kier alpha value is 0.150. The molecular formula is C10H7Br2FO2S2. The number of hydrogen-bond acceptors (Lipinski definition) is 3. The van der Waals surface area contributed by atoms with E-state index in [1.807, 2.05) is 0 Å². The summed E-state index contributed by atoms with van der Waals surface area (Å²) in [5, 5.41) is 9.30. The number of thioether (sulfide) groups is 1. The Labute approximate surface area is 123 Å². The quantitative estimate of drug-likeness (QED) is 0.740. The van der Waals surface area contributed by atoms with E-state index in [1.54, 1.807) is 0 Å². The van der Waals surface area contributed by atoms with E-state index >= 15 is 0 Å². The minimum Gasteiger partial charge on any atom is -0.480 e. The van der Waals surface area contributed by atoms with E-state index in [-0.39, 0.29) is 6.42 Å². The summed E-state index contributed by atoms with van der Waals surface area (Å²) in [6, 6.07) is 0. The molecule has 2 unspecified atom stereocenters. The number of alkyl halides is 1. The highest BCUT2D eigenvalue weighted by molar-refractivity contribution is 9.12. The summed E-state index contributed by atoms with van der Waals surface area (Å²) in [5.74, 6) is -1.14. The number of aliphatic carboxylic acids is 1. The topological polar surface area (TPSA) is 37.3 Å². The molecule has 0 amide bonds. The first-order chi connectivity index (χ1) is 7.94. The lowest BCUT2D eigenvalue weighted by molar-refractivity contribution is -0.141. The molecule has 7 heteroatoms. The molecule has 1 aromatic rings. The number of fused-ring (bicyclic) bond motifs is 1. The van der Waals surface area contributed by atoms with E-state index in [2.05, 4.69) is 38.4 Å². The molecule has 0 radical (unpaired) electrons. The number of carboxylic acid groups (broad SMARTS) is 1. The van der Waals surface area contributed by atoms with Crippen LogP contribution in [-0.4, -0.2) is 15.8 Å². The highest BCUT2D eigenvalue weighted by Crippen LogP contribution is 2.62. The van der Waals surface area contributed by atoms with Gasteiger partial charge in [0.2, 0.25) is 0 Å². The van der Waals surface area contributed by atoms with E-state index in [4.69, 9.17) is 0 Å². The normalized spacial score (nSPS) is 26.9. The first-order valence-electron chi connectivity index (χ1n) is 4.59. The monoisotopic (exact) mass is 400 g/mol. The summed E-state index contributed by atoms with van der Waals surface area (Å²) in [7, 11) is 0. The SMILES string of the molecule is C=CCC1(C(=O)O)Sc2c(Br)sc(Br)c2C1F. The van der Waals surface area contributed by atoms with Crippen molar-refractivity contribution >= 4 is 60.9 Å². The zero-order valence-electron chi connectivity index (χ0n) is 8.37. The van der Waals surface area contributed by atoms with Crippen molar-refractivity contribution in [3.8, 4) is 0 Å². The van der Waals surface area contributed by atoms with Crippen LogP contribution >= 0.6 is 55.0 Å². The molecule has 0 fully saturated rings. The second-order valence-electron chi connectivity index (χ2n) is 3.54.